The number of hydrogen-bond donors (Lipinski definition) is 2. The highest BCUT2D eigenvalue weighted by atomic mass is 16.1. The average Bonchev–Trinajstić information content (AvgIpc) is 2.54. The fourth-order valence-corrected chi connectivity index (χ4v) is 2.56. The summed E-state index contributed by atoms with van der Waals surface area (Å²) in [5.74, 6) is 0.661. The summed E-state index contributed by atoms with van der Waals surface area (Å²) in [6.45, 7) is 3.63. The smallest absolute Gasteiger partial charge is 0.225 e. The monoisotopic (exact) mass is 286 g/mol. The maximum absolute atomic E-state index is 11.9. The SMILES string of the molecule is N#Cc1ccc(NC(=O)CCN2CCC(CN)CC2)cc1. The van der Waals surface area contributed by atoms with Crippen LogP contribution in [0.5, 0.6) is 0 Å². The third-order valence-corrected chi connectivity index (χ3v) is 3.99. The number of benzene rings is 1. The lowest BCUT2D eigenvalue weighted by molar-refractivity contribution is -0.116. The Kier molecular flexibility index (Phi) is 5.73. The van der Waals surface area contributed by atoms with Crippen LogP contribution in [0.2, 0.25) is 0 Å². The van der Waals surface area contributed by atoms with Crippen molar-refractivity contribution >= 4 is 11.6 Å². The van der Waals surface area contributed by atoms with Crippen LogP contribution >= 0.6 is 0 Å². The Morgan fingerprint density at radius 3 is 2.57 bits per heavy atom. The van der Waals surface area contributed by atoms with Crippen LogP contribution in [-0.4, -0.2) is 37.0 Å². The van der Waals surface area contributed by atoms with E-state index >= 15 is 0 Å². The molecule has 1 amide bonds. The van der Waals surface area contributed by atoms with Crippen molar-refractivity contribution in [3.8, 4) is 6.07 Å². The summed E-state index contributed by atoms with van der Waals surface area (Å²) < 4.78 is 0. The number of nitrogens with two attached hydrogens (primary N) is 1. The van der Waals surface area contributed by atoms with Crippen molar-refractivity contribution in [3.63, 3.8) is 0 Å². The lowest BCUT2D eigenvalue weighted by Gasteiger charge is -2.31. The number of rotatable bonds is 5. The zero-order valence-electron chi connectivity index (χ0n) is 12.2. The molecule has 5 nitrogen and oxygen atoms in total. The molecule has 0 aliphatic carbocycles. The molecule has 1 aliphatic rings. The van der Waals surface area contributed by atoms with Gasteiger partial charge in [0.05, 0.1) is 11.6 Å². The Labute approximate surface area is 125 Å². The number of nitriles is 1. The van der Waals surface area contributed by atoms with Gasteiger partial charge in [0.25, 0.3) is 0 Å². The van der Waals surface area contributed by atoms with Gasteiger partial charge < -0.3 is 16.0 Å². The largest absolute Gasteiger partial charge is 0.330 e. The number of piperidine rings is 1. The van der Waals surface area contributed by atoms with E-state index in [0.29, 0.717) is 17.9 Å². The summed E-state index contributed by atoms with van der Waals surface area (Å²) in [7, 11) is 0. The van der Waals surface area contributed by atoms with Gasteiger partial charge >= 0.3 is 0 Å². The first-order valence-corrected chi connectivity index (χ1v) is 7.43. The topological polar surface area (TPSA) is 82.2 Å². The Morgan fingerprint density at radius 2 is 2.00 bits per heavy atom. The van der Waals surface area contributed by atoms with Gasteiger partial charge in [-0.25, -0.2) is 0 Å². The lowest BCUT2D eigenvalue weighted by atomic mass is 9.97. The summed E-state index contributed by atoms with van der Waals surface area (Å²) in [6, 6.07) is 8.97. The van der Waals surface area contributed by atoms with Gasteiger partial charge in [0.2, 0.25) is 5.91 Å². The molecule has 5 heteroatoms. The lowest BCUT2D eigenvalue weighted by Crippen LogP contribution is -2.37. The number of anilines is 1. The van der Waals surface area contributed by atoms with E-state index in [1.165, 1.54) is 0 Å². The molecule has 0 atom stereocenters. The summed E-state index contributed by atoms with van der Waals surface area (Å²) >= 11 is 0. The summed E-state index contributed by atoms with van der Waals surface area (Å²) in [5.41, 5.74) is 7.00. The third kappa shape index (κ3) is 4.85. The van der Waals surface area contributed by atoms with E-state index in [1.807, 2.05) is 0 Å². The number of carbonyl (C=O) groups is 1. The van der Waals surface area contributed by atoms with Crippen molar-refractivity contribution < 1.29 is 4.79 Å². The van der Waals surface area contributed by atoms with E-state index in [1.54, 1.807) is 24.3 Å². The maximum atomic E-state index is 11.9. The number of nitrogens with one attached hydrogen (secondary N) is 1. The molecule has 1 aromatic rings. The molecular formula is C16H22N4O. The number of likely N-dealkylation sites (tertiary alicyclic amines) is 1. The highest BCUT2D eigenvalue weighted by Crippen LogP contribution is 2.16. The Morgan fingerprint density at radius 1 is 1.33 bits per heavy atom. The first-order chi connectivity index (χ1) is 10.2. The number of amides is 1. The highest BCUT2D eigenvalue weighted by Gasteiger charge is 2.18. The molecule has 2 rings (SSSR count). The van der Waals surface area contributed by atoms with Crippen molar-refractivity contribution in [2.75, 3.05) is 31.5 Å². The second-order valence-electron chi connectivity index (χ2n) is 5.51. The quantitative estimate of drug-likeness (QED) is 0.860. The molecule has 1 aliphatic heterocycles. The van der Waals surface area contributed by atoms with Gasteiger partial charge in [0.15, 0.2) is 0 Å². The van der Waals surface area contributed by atoms with E-state index in [4.69, 9.17) is 11.0 Å². The highest BCUT2D eigenvalue weighted by molar-refractivity contribution is 5.90. The minimum atomic E-state index is 0.0145. The second-order valence-corrected chi connectivity index (χ2v) is 5.51. The van der Waals surface area contributed by atoms with E-state index in [2.05, 4.69) is 16.3 Å². The van der Waals surface area contributed by atoms with Gasteiger partial charge in [-0.1, -0.05) is 0 Å². The standard InChI is InChI=1S/C16H22N4O/c17-11-13-1-3-15(4-2-13)19-16(21)7-10-20-8-5-14(12-18)6-9-20/h1-4,14H,5-10,12,18H2,(H,19,21). The van der Waals surface area contributed by atoms with E-state index in [0.717, 1.165) is 44.7 Å². The van der Waals surface area contributed by atoms with Crippen LogP contribution in [0.25, 0.3) is 0 Å². The predicted octanol–water partition coefficient (Wildman–Crippen LogP) is 1.56. The van der Waals surface area contributed by atoms with E-state index in [-0.39, 0.29) is 5.91 Å². The molecule has 0 radical (unpaired) electrons. The number of nitrogens with zero attached hydrogens (tertiary/aromatic N) is 2. The fourth-order valence-electron chi connectivity index (χ4n) is 2.56. The molecule has 1 fully saturated rings. The third-order valence-electron chi connectivity index (χ3n) is 3.99. The second kappa shape index (κ2) is 7.77. The van der Waals surface area contributed by atoms with Crippen LogP contribution in [-0.2, 0) is 4.79 Å². The summed E-state index contributed by atoms with van der Waals surface area (Å²) in [4.78, 5) is 14.2. The number of carbonyl (C=O) groups excluding carboxylic acids is 1. The molecule has 1 aromatic carbocycles. The van der Waals surface area contributed by atoms with Crippen molar-refractivity contribution in [1.82, 2.24) is 4.90 Å². The first kappa shape index (κ1) is 15.5. The molecule has 1 heterocycles. The van der Waals surface area contributed by atoms with Crippen LogP contribution in [0.1, 0.15) is 24.8 Å². The molecule has 0 aromatic heterocycles. The first-order valence-electron chi connectivity index (χ1n) is 7.43. The molecular weight excluding hydrogens is 264 g/mol. The fraction of sp³-hybridized carbons (Fsp3) is 0.500. The van der Waals surface area contributed by atoms with Crippen molar-refractivity contribution in [2.24, 2.45) is 11.7 Å². The van der Waals surface area contributed by atoms with Gasteiger partial charge in [-0.2, -0.15) is 5.26 Å². The summed E-state index contributed by atoms with van der Waals surface area (Å²) in [6.07, 6.45) is 2.76. The van der Waals surface area contributed by atoms with Gasteiger partial charge in [0.1, 0.15) is 0 Å². The average molecular weight is 286 g/mol. The predicted molar refractivity (Wildman–Crippen MR) is 82.6 cm³/mol. The molecule has 0 bridgehead atoms. The molecule has 21 heavy (non-hydrogen) atoms. The maximum Gasteiger partial charge on any atom is 0.225 e. The van der Waals surface area contributed by atoms with Crippen molar-refractivity contribution in [2.45, 2.75) is 19.3 Å². The summed E-state index contributed by atoms with van der Waals surface area (Å²) in [5, 5.41) is 11.6. The zero-order chi connectivity index (χ0) is 15.1. The Hall–Kier alpha value is -1.90. The molecule has 0 spiro atoms. The van der Waals surface area contributed by atoms with E-state index < -0.39 is 0 Å². The minimum absolute atomic E-state index is 0.0145. The van der Waals surface area contributed by atoms with Crippen LogP contribution < -0.4 is 11.1 Å². The van der Waals surface area contributed by atoms with Crippen LogP contribution in [0, 0.1) is 17.2 Å². The van der Waals surface area contributed by atoms with Crippen LogP contribution in [0.15, 0.2) is 24.3 Å². The minimum Gasteiger partial charge on any atom is -0.330 e. The van der Waals surface area contributed by atoms with Gasteiger partial charge in [0, 0.05) is 18.7 Å². The van der Waals surface area contributed by atoms with Gasteiger partial charge in [-0.3, -0.25) is 4.79 Å². The Balaban J connectivity index is 1.71. The molecule has 3 N–H and O–H groups in total. The van der Waals surface area contributed by atoms with Gasteiger partial charge in [-0.05, 0) is 62.7 Å². The van der Waals surface area contributed by atoms with Crippen molar-refractivity contribution in [3.05, 3.63) is 29.8 Å². The molecule has 0 unspecified atom stereocenters. The molecule has 1 saturated heterocycles. The zero-order valence-corrected chi connectivity index (χ0v) is 12.2. The van der Waals surface area contributed by atoms with Crippen molar-refractivity contribution in [1.29, 1.82) is 5.26 Å². The normalized spacial score (nSPS) is 16.4. The molecule has 0 saturated carbocycles. The van der Waals surface area contributed by atoms with E-state index in [9.17, 15) is 4.79 Å². The molecule has 112 valence electrons. The van der Waals surface area contributed by atoms with Crippen LogP contribution in [0.4, 0.5) is 5.69 Å². The van der Waals surface area contributed by atoms with Gasteiger partial charge in [-0.15, -0.1) is 0 Å². The van der Waals surface area contributed by atoms with Crippen LogP contribution in [0.3, 0.4) is 0 Å². The number of hydrogen-bond acceptors (Lipinski definition) is 4. The Bertz CT molecular complexity index is 498.